The van der Waals surface area contributed by atoms with Gasteiger partial charge in [0.25, 0.3) is 0 Å². The van der Waals surface area contributed by atoms with E-state index in [0.717, 1.165) is 24.5 Å². The van der Waals surface area contributed by atoms with Crippen LogP contribution in [-0.2, 0) is 14.8 Å². The number of hydrogen-bond acceptors (Lipinski definition) is 3. The van der Waals surface area contributed by atoms with E-state index < -0.39 is 16.0 Å². The smallest absolute Gasteiger partial charge is 0.328 e. The summed E-state index contributed by atoms with van der Waals surface area (Å²) in [4.78, 5) is 10.7. The van der Waals surface area contributed by atoms with E-state index >= 15 is 0 Å². The molecule has 0 aliphatic heterocycles. The molecule has 0 radical (unpaired) electrons. The maximum Gasteiger partial charge on any atom is 0.328 e. The predicted octanol–water partition coefficient (Wildman–Crippen LogP) is 2.17. The average Bonchev–Trinajstić information content (AvgIpc) is 3.14. The Balaban J connectivity index is 2.17. The maximum atomic E-state index is 12.3. The number of carbonyl (C=O) groups is 1. The zero-order chi connectivity index (χ0) is 15.6. The lowest BCUT2D eigenvalue weighted by atomic mass is 10.1. The molecule has 0 heterocycles. The second-order valence-corrected chi connectivity index (χ2v) is 7.04. The quantitative estimate of drug-likeness (QED) is 0.789. The number of carboxylic acids is 1. The van der Waals surface area contributed by atoms with Crippen molar-refractivity contribution < 1.29 is 18.3 Å². The van der Waals surface area contributed by atoms with Crippen molar-refractivity contribution in [3.8, 4) is 0 Å². The summed E-state index contributed by atoms with van der Waals surface area (Å²) in [6, 6.07) is 4.73. The minimum Gasteiger partial charge on any atom is -0.478 e. The van der Waals surface area contributed by atoms with Gasteiger partial charge >= 0.3 is 5.97 Å². The first-order valence-electron chi connectivity index (χ1n) is 6.87. The molecular weight excluding hydrogens is 290 g/mol. The normalized spacial score (nSPS) is 21.6. The van der Waals surface area contributed by atoms with Crippen LogP contribution in [0.1, 0.15) is 30.9 Å². The van der Waals surface area contributed by atoms with Crippen LogP contribution in [0.3, 0.4) is 0 Å². The molecule has 1 saturated carbocycles. The molecule has 6 heteroatoms. The third-order valence-corrected chi connectivity index (χ3v) is 5.20. The number of aryl methyl sites for hydroxylation is 1. The minimum absolute atomic E-state index is 0.0480. The minimum atomic E-state index is -3.50. The summed E-state index contributed by atoms with van der Waals surface area (Å²) in [7, 11) is -3.50. The molecule has 0 aromatic heterocycles. The number of rotatable bonds is 6. The fourth-order valence-electron chi connectivity index (χ4n) is 2.27. The second kappa shape index (κ2) is 5.99. The molecule has 1 aromatic carbocycles. The highest BCUT2D eigenvalue weighted by Gasteiger charge is 2.38. The van der Waals surface area contributed by atoms with Crippen LogP contribution in [0.4, 0.5) is 0 Å². The molecule has 1 aliphatic carbocycles. The molecule has 2 atom stereocenters. The summed E-state index contributed by atoms with van der Waals surface area (Å²) >= 11 is 0. The van der Waals surface area contributed by atoms with Crippen molar-refractivity contribution in [2.24, 2.45) is 5.92 Å². The Hall–Kier alpha value is -1.66. The number of nitrogens with one attached hydrogen (secondary N) is 1. The van der Waals surface area contributed by atoms with E-state index in [1.54, 1.807) is 19.1 Å². The lowest BCUT2D eigenvalue weighted by Crippen LogP contribution is -2.27. The number of hydrogen-bond donors (Lipinski definition) is 2. The van der Waals surface area contributed by atoms with Gasteiger partial charge in [-0.25, -0.2) is 17.9 Å². The van der Waals surface area contributed by atoms with Crippen molar-refractivity contribution in [1.29, 1.82) is 0 Å². The topological polar surface area (TPSA) is 83.5 Å². The molecule has 1 aliphatic rings. The van der Waals surface area contributed by atoms with E-state index in [4.69, 9.17) is 5.11 Å². The molecule has 2 rings (SSSR count). The Kier molecular flexibility index (Phi) is 4.49. The van der Waals surface area contributed by atoms with Gasteiger partial charge in [-0.15, -0.1) is 0 Å². The van der Waals surface area contributed by atoms with Gasteiger partial charge < -0.3 is 5.11 Å². The largest absolute Gasteiger partial charge is 0.478 e. The molecule has 0 bridgehead atoms. The highest BCUT2D eigenvalue weighted by atomic mass is 32.2. The summed E-state index contributed by atoms with van der Waals surface area (Å²) in [6.45, 7) is 3.80. The van der Waals surface area contributed by atoms with Gasteiger partial charge in [-0.3, -0.25) is 0 Å². The monoisotopic (exact) mass is 309 g/mol. The van der Waals surface area contributed by atoms with Gasteiger partial charge in [0.2, 0.25) is 10.0 Å². The summed E-state index contributed by atoms with van der Waals surface area (Å²) in [5, 5.41) is 8.61. The van der Waals surface area contributed by atoms with Gasteiger partial charge in [0, 0.05) is 12.1 Å². The van der Waals surface area contributed by atoms with Crippen LogP contribution in [0.5, 0.6) is 0 Å². The van der Waals surface area contributed by atoms with Gasteiger partial charge in [-0.1, -0.05) is 19.4 Å². The summed E-state index contributed by atoms with van der Waals surface area (Å²) in [5.74, 6) is -0.592. The van der Waals surface area contributed by atoms with Gasteiger partial charge in [0.15, 0.2) is 0 Å². The van der Waals surface area contributed by atoms with Crippen LogP contribution >= 0.6 is 0 Å². The van der Waals surface area contributed by atoms with Crippen LogP contribution in [0.25, 0.3) is 6.08 Å². The summed E-state index contributed by atoms with van der Waals surface area (Å²) in [6.07, 6.45) is 4.36. The fourth-order valence-corrected chi connectivity index (χ4v) is 3.68. The molecule has 114 valence electrons. The van der Waals surface area contributed by atoms with Crippen molar-refractivity contribution >= 4 is 22.1 Å². The Morgan fingerprint density at radius 1 is 1.48 bits per heavy atom. The van der Waals surface area contributed by atoms with Crippen molar-refractivity contribution in [3.63, 3.8) is 0 Å². The van der Waals surface area contributed by atoms with Crippen molar-refractivity contribution in [2.45, 2.75) is 37.6 Å². The zero-order valence-electron chi connectivity index (χ0n) is 12.0. The van der Waals surface area contributed by atoms with Crippen LogP contribution < -0.4 is 4.72 Å². The van der Waals surface area contributed by atoms with E-state index in [9.17, 15) is 13.2 Å². The van der Waals surface area contributed by atoms with Crippen LogP contribution in [0, 0.1) is 12.8 Å². The second-order valence-electron chi connectivity index (χ2n) is 5.32. The number of benzene rings is 1. The predicted molar refractivity (Wildman–Crippen MR) is 80.4 cm³/mol. The summed E-state index contributed by atoms with van der Waals surface area (Å²) in [5.41, 5.74) is 1.41. The highest BCUT2D eigenvalue weighted by molar-refractivity contribution is 7.89. The Morgan fingerprint density at radius 2 is 2.19 bits per heavy atom. The average molecular weight is 309 g/mol. The van der Waals surface area contributed by atoms with E-state index in [-0.39, 0.29) is 10.9 Å². The Labute approximate surface area is 124 Å². The molecule has 2 N–H and O–H groups in total. The fraction of sp³-hybridized carbons (Fsp3) is 0.400. The van der Waals surface area contributed by atoms with Crippen LogP contribution in [0.2, 0.25) is 0 Å². The molecule has 5 nitrogen and oxygen atoms in total. The Bertz CT molecular complexity index is 679. The van der Waals surface area contributed by atoms with Gasteiger partial charge in [0.05, 0.1) is 4.90 Å². The molecule has 0 amide bonds. The molecule has 1 fully saturated rings. The van der Waals surface area contributed by atoms with E-state index in [0.29, 0.717) is 11.5 Å². The van der Waals surface area contributed by atoms with Crippen molar-refractivity contribution in [2.75, 3.05) is 0 Å². The maximum absolute atomic E-state index is 12.3. The van der Waals surface area contributed by atoms with Crippen LogP contribution in [0.15, 0.2) is 29.2 Å². The van der Waals surface area contributed by atoms with Crippen LogP contribution in [-0.4, -0.2) is 25.5 Å². The standard InChI is InChI=1S/C15H19NO4S/c1-3-11-9-14(11)16-21(19,20)13-6-4-12(10(2)8-13)5-7-15(17)18/h4-8,11,14,16H,3,9H2,1-2H3,(H,17,18)/b7-5+. The van der Waals surface area contributed by atoms with E-state index in [1.807, 2.05) is 6.92 Å². The lowest BCUT2D eigenvalue weighted by Gasteiger charge is -2.08. The van der Waals surface area contributed by atoms with E-state index in [2.05, 4.69) is 4.72 Å². The van der Waals surface area contributed by atoms with Gasteiger partial charge in [0.1, 0.15) is 0 Å². The molecule has 0 saturated heterocycles. The number of carboxylic acid groups (broad SMARTS) is 1. The number of aliphatic carboxylic acids is 1. The molecule has 0 spiro atoms. The van der Waals surface area contributed by atoms with Gasteiger partial charge in [-0.05, 0) is 48.6 Å². The first-order valence-corrected chi connectivity index (χ1v) is 8.36. The van der Waals surface area contributed by atoms with Crippen molar-refractivity contribution in [3.05, 3.63) is 35.4 Å². The molecule has 1 aromatic rings. The van der Waals surface area contributed by atoms with E-state index in [1.165, 1.54) is 12.1 Å². The molecule has 21 heavy (non-hydrogen) atoms. The van der Waals surface area contributed by atoms with Gasteiger partial charge in [-0.2, -0.15) is 0 Å². The summed E-state index contributed by atoms with van der Waals surface area (Å²) < 4.78 is 27.2. The highest BCUT2D eigenvalue weighted by Crippen LogP contribution is 2.34. The first kappa shape index (κ1) is 15.7. The first-order chi connectivity index (χ1) is 9.83. The molecular formula is C15H19NO4S. The molecule has 2 unspecified atom stereocenters. The third kappa shape index (κ3) is 3.92. The Morgan fingerprint density at radius 3 is 2.71 bits per heavy atom. The zero-order valence-corrected chi connectivity index (χ0v) is 12.9. The van der Waals surface area contributed by atoms with Crippen molar-refractivity contribution in [1.82, 2.24) is 4.72 Å². The third-order valence-electron chi connectivity index (χ3n) is 3.71. The number of sulfonamides is 1. The SMILES string of the molecule is CCC1CC1NS(=O)(=O)c1ccc(/C=C/C(=O)O)c(C)c1. The lowest BCUT2D eigenvalue weighted by molar-refractivity contribution is -0.131.